The number of carbonyl (C=O) groups is 7. The first kappa shape index (κ1) is 52.0. The predicted molar refractivity (Wildman–Crippen MR) is 227 cm³/mol. The van der Waals surface area contributed by atoms with Crippen molar-refractivity contribution in [2.24, 2.45) is 0 Å². The molecule has 0 saturated carbocycles. The average Bonchev–Trinajstić information content (AvgIpc) is 3.48. The van der Waals surface area contributed by atoms with Crippen LogP contribution in [-0.2, 0) is 90.1 Å². The first-order chi connectivity index (χ1) is 30.6. The summed E-state index contributed by atoms with van der Waals surface area (Å²) in [5, 5.41) is 1.23. The maximum Gasteiger partial charge on any atom is 0.333 e. The lowest BCUT2D eigenvalue weighted by Crippen LogP contribution is -2.67. The smallest absolute Gasteiger partial charge is 0.333 e. The van der Waals surface area contributed by atoms with Gasteiger partial charge >= 0.3 is 41.8 Å². The molecule has 0 aromatic heterocycles. The normalized spacial score (nSPS) is 25.4. The van der Waals surface area contributed by atoms with E-state index in [0.29, 0.717) is 0 Å². The first-order valence-electron chi connectivity index (χ1n) is 20.8. The summed E-state index contributed by atoms with van der Waals surface area (Å²) >= 11 is 0. The Hall–Kier alpha value is -5.67. The molecule has 0 spiro atoms. The Labute approximate surface area is 378 Å². The zero-order valence-electron chi connectivity index (χ0n) is 38.1. The van der Waals surface area contributed by atoms with Crippen molar-refractivity contribution in [1.29, 1.82) is 0 Å². The van der Waals surface area contributed by atoms with Crippen LogP contribution >= 0.6 is 0 Å². The summed E-state index contributed by atoms with van der Waals surface area (Å²) in [5.74, 6) is -8.51. The summed E-state index contributed by atoms with van der Waals surface area (Å²) in [6.45, 7) is 12.5. The molecule has 0 aliphatic carbocycles. The highest BCUT2D eigenvalue weighted by molar-refractivity contribution is 6.99. The van der Waals surface area contributed by atoms with Gasteiger partial charge in [-0.3, -0.25) is 28.8 Å². The lowest BCUT2D eigenvalue weighted by atomic mass is 9.97. The van der Waals surface area contributed by atoms with Crippen molar-refractivity contribution < 1.29 is 90.1 Å². The van der Waals surface area contributed by atoms with E-state index < -0.39 is 123 Å². The van der Waals surface area contributed by atoms with Crippen molar-refractivity contribution in [3.63, 3.8) is 0 Å². The van der Waals surface area contributed by atoms with Gasteiger partial charge in [0.15, 0.2) is 30.5 Å². The Morgan fingerprint density at radius 2 is 1.14 bits per heavy atom. The molecule has 356 valence electrons. The van der Waals surface area contributed by atoms with Gasteiger partial charge in [-0.2, -0.15) is 0 Å². The Kier molecular flexibility index (Phi) is 18.4. The second-order valence-corrected chi connectivity index (χ2v) is 20.4. The summed E-state index contributed by atoms with van der Waals surface area (Å²) in [6, 6.07) is 19.2. The van der Waals surface area contributed by atoms with Crippen LogP contribution in [0.25, 0.3) is 0 Å². The summed E-state index contributed by atoms with van der Waals surface area (Å²) < 4.78 is 71.3. The van der Waals surface area contributed by atoms with Gasteiger partial charge in [-0.1, -0.05) is 81.4 Å². The van der Waals surface area contributed by atoms with Crippen molar-refractivity contribution in [2.45, 2.75) is 129 Å². The van der Waals surface area contributed by atoms with E-state index in [-0.39, 0.29) is 13.2 Å². The standard InChI is InChI=1S/C45H58O19Si/c1-11-54-37(52)22-23-53-24-35-38(57-28(3)47)40(59-30(5)49)41(60-31(6)50)43(62-35)64-45(26-55-27(2)46)42(61-32(7)51)39(58-29(4)48)36(63-45)25-56-65(44(8,9)10,33-18-14-12-15-19-33)34-20-16-13-17-21-34/h12-23,35-36,38-43H,11,24-26H2,1-10H3/b23-22+/t35-,36-,38-,39-,40+,41-,42+,43-,45+/m1/s1. The minimum absolute atomic E-state index is 0.0836. The topological polar surface area (TPSA) is 230 Å². The van der Waals surface area contributed by atoms with Gasteiger partial charge in [0.25, 0.3) is 8.32 Å². The fourth-order valence-corrected chi connectivity index (χ4v) is 12.3. The molecule has 65 heavy (non-hydrogen) atoms. The van der Waals surface area contributed by atoms with Gasteiger partial charge in [0.05, 0.1) is 25.6 Å². The van der Waals surface area contributed by atoms with Crippen LogP contribution in [0, 0.1) is 0 Å². The molecule has 9 atom stereocenters. The molecule has 2 fully saturated rings. The van der Waals surface area contributed by atoms with Crippen LogP contribution in [0.3, 0.4) is 0 Å². The Bertz CT molecular complexity index is 1960. The number of rotatable bonds is 19. The molecule has 2 aromatic rings. The number of esters is 7. The third kappa shape index (κ3) is 13.4. The second-order valence-electron chi connectivity index (χ2n) is 16.1. The predicted octanol–water partition coefficient (Wildman–Crippen LogP) is 2.71. The molecular formula is C45H58O19Si. The summed E-state index contributed by atoms with van der Waals surface area (Å²) in [7, 11) is -3.35. The molecule has 2 aromatic carbocycles. The van der Waals surface area contributed by atoms with Gasteiger partial charge in [-0.25, -0.2) is 4.79 Å². The van der Waals surface area contributed by atoms with Gasteiger partial charge in [-0.05, 0) is 22.3 Å². The third-order valence-electron chi connectivity index (χ3n) is 10.1. The maximum absolute atomic E-state index is 13.0. The van der Waals surface area contributed by atoms with E-state index in [1.807, 2.05) is 81.4 Å². The van der Waals surface area contributed by atoms with Crippen molar-refractivity contribution in [2.75, 3.05) is 26.4 Å². The zero-order chi connectivity index (χ0) is 48.1. The van der Waals surface area contributed by atoms with Crippen molar-refractivity contribution >= 4 is 60.5 Å². The largest absolute Gasteiger partial charge is 0.498 e. The summed E-state index contributed by atoms with van der Waals surface area (Å²) in [6.07, 6.45) is -11.1. The lowest BCUT2D eigenvalue weighted by molar-refractivity contribution is -0.384. The maximum atomic E-state index is 13.0. The van der Waals surface area contributed by atoms with Crippen molar-refractivity contribution in [3.05, 3.63) is 73.0 Å². The number of carbonyl (C=O) groups excluding carboxylic acids is 7. The Balaban J connectivity index is 1.92. The van der Waals surface area contributed by atoms with E-state index >= 15 is 0 Å². The van der Waals surface area contributed by atoms with E-state index in [9.17, 15) is 33.6 Å². The highest BCUT2D eigenvalue weighted by atomic mass is 28.4. The molecule has 20 heteroatoms. The van der Waals surface area contributed by atoms with Crippen LogP contribution in [0.5, 0.6) is 0 Å². The van der Waals surface area contributed by atoms with Crippen LogP contribution in [0.1, 0.15) is 69.2 Å². The number of hydrogen-bond acceptors (Lipinski definition) is 19. The van der Waals surface area contributed by atoms with E-state index in [1.54, 1.807) is 6.92 Å². The molecule has 0 unspecified atom stereocenters. The van der Waals surface area contributed by atoms with Crippen molar-refractivity contribution in [3.8, 4) is 0 Å². The molecule has 2 aliphatic rings. The molecule has 0 radical (unpaired) electrons. The Morgan fingerprint density at radius 3 is 1.63 bits per heavy atom. The quantitative estimate of drug-likeness (QED) is 0.0648. The Morgan fingerprint density at radius 1 is 0.631 bits per heavy atom. The zero-order valence-corrected chi connectivity index (χ0v) is 39.1. The number of benzene rings is 2. The van der Waals surface area contributed by atoms with Crippen LogP contribution in [0.4, 0.5) is 0 Å². The van der Waals surface area contributed by atoms with Crippen LogP contribution in [-0.4, -0.2) is 131 Å². The molecular weight excluding hydrogens is 873 g/mol. The highest BCUT2D eigenvalue weighted by Crippen LogP contribution is 2.43. The fraction of sp³-hybridized carbons (Fsp3) is 0.533. The minimum Gasteiger partial charge on any atom is -0.498 e. The van der Waals surface area contributed by atoms with Gasteiger partial charge in [0.1, 0.15) is 25.4 Å². The summed E-state index contributed by atoms with van der Waals surface area (Å²) in [4.78, 5) is 88.5. The van der Waals surface area contributed by atoms with Crippen LogP contribution < -0.4 is 10.4 Å². The molecule has 2 aliphatic heterocycles. The third-order valence-corrected chi connectivity index (χ3v) is 15.1. The van der Waals surface area contributed by atoms with E-state index in [2.05, 4.69) is 0 Å². The molecule has 0 amide bonds. The molecule has 19 nitrogen and oxygen atoms in total. The molecule has 2 saturated heterocycles. The number of hydrogen-bond donors (Lipinski definition) is 0. The molecule has 0 bridgehead atoms. The molecule has 4 rings (SSSR count). The molecule has 2 heterocycles. The SMILES string of the molecule is CCOC(=O)/C=C/OC[C@H]1O[C@H](O[C@]2(COC(C)=O)O[C@H](CO[Si](c3ccccc3)(c3ccccc3)C(C)(C)C)[C@@H](OC(C)=O)[C@@H]2OC(C)=O)[C@H](OC(C)=O)[C@@H](OC(C)=O)[C@@H]1OC(C)=O. The summed E-state index contributed by atoms with van der Waals surface area (Å²) in [5.41, 5.74) is 0. The van der Waals surface area contributed by atoms with E-state index in [0.717, 1.165) is 64.3 Å². The van der Waals surface area contributed by atoms with E-state index in [1.165, 1.54) is 0 Å². The lowest BCUT2D eigenvalue weighted by Gasteiger charge is -2.46. The van der Waals surface area contributed by atoms with Gasteiger partial charge in [0.2, 0.25) is 12.1 Å². The van der Waals surface area contributed by atoms with Gasteiger partial charge < -0.3 is 56.5 Å². The van der Waals surface area contributed by atoms with Crippen molar-refractivity contribution in [1.82, 2.24) is 0 Å². The minimum atomic E-state index is -3.35. The average molecular weight is 931 g/mol. The number of ether oxygens (including phenoxy) is 11. The first-order valence-corrected chi connectivity index (χ1v) is 22.7. The van der Waals surface area contributed by atoms with Gasteiger partial charge in [-0.15, -0.1) is 0 Å². The van der Waals surface area contributed by atoms with Crippen LogP contribution in [0.2, 0.25) is 5.04 Å². The second kappa shape index (κ2) is 23.0. The van der Waals surface area contributed by atoms with Crippen LogP contribution in [0.15, 0.2) is 73.0 Å². The van der Waals surface area contributed by atoms with Gasteiger partial charge in [0, 0.05) is 41.5 Å². The molecule has 0 N–H and O–H groups in total. The van der Waals surface area contributed by atoms with E-state index in [4.69, 9.17) is 56.5 Å². The fourth-order valence-electron chi connectivity index (χ4n) is 7.77. The highest BCUT2D eigenvalue weighted by Gasteiger charge is 2.65. The monoisotopic (exact) mass is 930 g/mol.